The maximum atomic E-state index is 14.3. The number of hydrazine groups is 1. The minimum Gasteiger partial charge on any atom is -0.457 e. The Morgan fingerprint density at radius 1 is 1.02 bits per heavy atom. The van der Waals surface area contributed by atoms with Crippen LogP contribution in [-0.2, 0) is 39.8 Å². The van der Waals surface area contributed by atoms with Gasteiger partial charge in [-0.1, -0.05) is 45.9 Å². The van der Waals surface area contributed by atoms with Crippen LogP contribution >= 0.6 is 0 Å². The highest BCUT2D eigenvalue weighted by atomic mass is 16.7. The van der Waals surface area contributed by atoms with E-state index in [1.165, 1.54) is 0 Å². The smallest absolute Gasteiger partial charge is 0.431 e. The molecule has 3 fully saturated rings. The predicted octanol–water partition coefficient (Wildman–Crippen LogP) is 5.25. The number of rotatable bonds is 9. The molecule has 0 radical (unpaired) electrons. The molecule has 0 spiro atoms. The fourth-order valence-corrected chi connectivity index (χ4v) is 9.84. The van der Waals surface area contributed by atoms with Crippen LogP contribution in [0.1, 0.15) is 81.1 Å². The predicted molar refractivity (Wildman–Crippen MR) is 210 cm³/mol. The number of ether oxygens (including phenoxy) is 5. The van der Waals surface area contributed by atoms with Gasteiger partial charge in [0.15, 0.2) is 17.7 Å². The van der Waals surface area contributed by atoms with Gasteiger partial charge in [-0.3, -0.25) is 9.59 Å². The molecule has 4 aliphatic heterocycles. The number of cyclic esters (lactones) is 1. The molecule has 5 heterocycles. The third kappa shape index (κ3) is 7.59. The minimum atomic E-state index is -1.25. The molecule has 6 rings (SSSR count). The van der Waals surface area contributed by atoms with Crippen LogP contribution < -0.4 is 0 Å². The number of fused-ring (bicyclic) bond motifs is 2. The second-order valence-electron chi connectivity index (χ2n) is 17.2. The number of ketones is 1. The topological polar surface area (TPSA) is 145 Å². The summed E-state index contributed by atoms with van der Waals surface area (Å²) in [5.74, 6) is -3.71. The van der Waals surface area contributed by atoms with Gasteiger partial charge in [0.05, 0.1) is 24.4 Å². The van der Waals surface area contributed by atoms with Crippen molar-refractivity contribution in [3.63, 3.8) is 0 Å². The van der Waals surface area contributed by atoms with E-state index in [9.17, 15) is 19.5 Å². The number of aryl methyl sites for hydroxylation is 1. The van der Waals surface area contributed by atoms with Gasteiger partial charge in [-0.2, -0.15) is 15.2 Å². The van der Waals surface area contributed by atoms with Gasteiger partial charge < -0.3 is 38.3 Å². The van der Waals surface area contributed by atoms with E-state index in [1.54, 1.807) is 31.1 Å². The summed E-state index contributed by atoms with van der Waals surface area (Å²) in [4.78, 5) is 44.3. The number of hydrogen-bond acceptors (Lipinski definition) is 12. The molecule has 13 atom stereocenters. The van der Waals surface area contributed by atoms with Gasteiger partial charge in [0.1, 0.15) is 24.2 Å². The number of aliphatic hydroxyl groups excluding tert-OH is 1. The molecule has 3 saturated heterocycles. The summed E-state index contributed by atoms with van der Waals surface area (Å²) in [5.41, 5.74) is -0.422. The monoisotopic (exact) mass is 781 g/mol. The van der Waals surface area contributed by atoms with E-state index in [-0.39, 0.29) is 24.0 Å². The zero-order valence-corrected chi connectivity index (χ0v) is 35.0. The number of methoxy groups -OCH3 is 1. The number of hydrogen-bond donors (Lipinski definition) is 1. The standard InChI is InChI=1S/C42H63N5O9/c1-12-32-42(8)36-26(4)33(43-46(47(36)40(51)56-42)20-15-19-45-21-18-29-16-13-14-17-30(29)45)24(2)23-41(7,52-11)37(27(5)34(48)28(6)38(50)54-32)55-39-35(49)31(44(9)10)22-25(3)53-39/h13-14,16-18,21,24-28,31-32,35-37,39,49H,12,15,19-20,22-23H2,1-11H3/t24-,25+,26-,27-,28+,31-,32-,35+,36-,37+,39-,41?,42-/m1/s1. The van der Waals surface area contributed by atoms with E-state index in [2.05, 4.69) is 35.9 Å². The van der Waals surface area contributed by atoms with E-state index < -0.39 is 71.5 Å². The van der Waals surface area contributed by atoms with Crippen molar-refractivity contribution in [3.8, 4) is 0 Å². The van der Waals surface area contributed by atoms with Gasteiger partial charge in [0.25, 0.3) is 0 Å². The number of carbonyl (C=O) groups excluding carboxylic acids is 3. The zero-order valence-electron chi connectivity index (χ0n) is 35.0. The normalized spacial score (nSPS) is 38.4. The SMILES string of the molecule is CC[C@H]1OC(=O)[C@@H](C)C(=O)[C@@H](C)[C@H](O[C@H]2O[C@@H](C)C[C@@H](N(C)C)[C@@H]2O)C(C)(OC)C[C@@H](C)C2=NN(CCCn3ccc4ccccc43)N3C(=O)O[C@@]1(C)[C@H]3[C@@H]2C. The van der Waals surface area contributed by atoms with Crippen LogP contribution in [0.2, 0.25) is 0 Å². The number of para-hydroxylation sites is 1. The fourth-order valence-electron chi connectivity index (χ4n) is 9.84. The molecule has 2 bridgehead atoms. The highest BCUT2D eigenvalue weighted by molar-refractivity contribution is 6.00. The van der Waals surface area contributed by atoms with E-state index in [0.717, 1.165) is 16.6 Å². The number of aromatic nitrogens is 1. The molecular weight excluding hydrogens is 718 g/mol. The number of likely N-dealkylation sites (N-methyl/N-ethyl adjacent to an activating group) is 1. The van der Waals surface area contributed by atoms with E-state index in [0.29, 0.717) is 38.8 Å². The molecule has 0 saturated carbocycles. The van der Waals surface area contributed by atoms with Crippen molar-refractivity contribution in [1.82, 2.24) is 19.6 Å². The van der Waals surface area contributed by atoms with Crippen molar-refractivity contribution in [1.29, 1.82) is 0 Å². The Morgan fingerprint density at radius 3 is 2.41 bits per heavy atom. The number of aliphatic hydroxyl groups is 1. The molecule has 310 valence electrons. The number of amides is 1. The fraction of sp³-hybridized carbons (Fsp3) is 0.714. The number of esters is 1. The third-order valence-electron chi connectivity index (χ3n) is 13.0. The van der Waals surface area contributed by atoms with Crippen molar-refractivity contribution in [3.05, 3.63) is 36.5 Å². The molecule has 0 aliphatic carbocycles. The molecule has 1 aromatic carbocycles. The molecule has 4 aliphatic rings. The maximum Gasteiger partial charge on any atom is 0.431 e. The van der Waals surface area contributed by atoms with Crippen LogP contribution in [0, 0.1) is 23.7 Å². The highest BCUT2D eigenvalue weighted by Crippen LogP contribution is 2.46. The summed E-state index contributed by atoms with van der Waals surface area (Å²) in [6.45, 7) is 16.1. The van der Waals surface area contributed by atoms with Crippen molar-refractivity contribution in [2.75, 3.05) is 27.7 Å². The van der Waals surface area contributed by atoms with Gasteiger partial charge in [-0.15, -0.1) is 0 Å². The Balaban J connectivity index is 1.40. The summed E-state index contributed by atoms with van der Waals surface area (Å²) < 4.78 is 33.9. The quantitative estimate of drug-likeness (QED) is 0.263. The van der Waals surface area contributed by atoms with Crippen molar-refractivity contribution in [2.45, 2.75) is 142 Å². The number of nitrogens with zero attached hydrogens (tertiary/aromatic N) is 5. The van der Waals surface area contributed by atoms with Crippen molar-refractivity contribution < 1.29 is 43.2 Å². The van der Waals surface area contributed by atoms with Crippen LogP contribution in [0.5, 0.6) is 0 Å². The third-order valence-corrected chi connectivity index (χ3v) is 13.0. The Bertz CT molecular complexity index is 1780. The lowest BCUT2D eigenvalue weighted by Gasteiger charge is -2.49. The summed E-state index contributed by atoms with van der Waals surface area (Å²) >= 11 is 0. The van der Waals surface area contributed by atoms with Gasteiger partial charge in [-0.05, 0) is 90.9 Å². The molecule has 1 unspecified atom stereocenters. The van der Waals surface area contributed by atoms with Crippen LogP contribution in [0.15, 0.2) is 41.6 Å². The molecule has 56 heavy (non-hydrogen) atoms. The zero-order chi connectivity index (χ0) is 40.9. The van der Waals surface area contributed by atoms with Crippen LogP contribution in [0.25, 0.3) is 10.9 Å². The molecular formula is C42H63N5O9. The Hall–Kier alpha value is -3.56. The molecule has 14 heteroatoms. The second kappa shape index (κ2) is 16.4. The molecule has 2 aromatic rings. The largest absolute Gasteiger partial charge is 0.457 e. The highest BCUT2D eigenvalue weighted by Gasteiger charge is 2.63. The average Bonchev–Trinajstić information content (AvgIpc) is 3.70. The van der Waals surface area contributed by atoms with Gasteiger partial charge in [0.2, 0.25) is 0 Å². The van der Waals surface area contributed by atoms with E-state index in [4.69, 9.17) is 28.8 Å². The minimum absolute atomic E-state index is 0.221. The molecule has 14 nitrogen and oxygen atoms in total. The van der Waals surface area contributed by atoms with Crippen molar-refractivity contribution >= 4 is 34.5 Å². The molecule has 1 N–H and O–H groups in total. The first-order valence-electron chi connectivity index (χ1n) is 20.3. The summed E-state index contributed by atoms with van der Waals surface area (Å²) in [7, 11) is 5.39. The first-order valence-corrected chi connectivity index (χ1v) is 20.3. The first-order chi connectivity index (χ1) is 26.4. The number of Topliss-reactive ketones (excluding diaryl/α,β-unsaturated/α-hetero) is 1. The van der Waals surface area contributed by atoms with Crippen molar-refractivity contribution in [2.24, 2.45) is 28.8 Å². The van der Waals surface area contributed by atoms with Crippen LogP contribution in [-0.4, -0.2) is 130 Å². The average molecular weight is 782 g/mol. The van der Waals surface area contributed by atoms with Gasteiger partial charge in [0, 0.05) is 49.0 Å². The summed E-state index contributed by atoms with van der Waals surface area (Å²) in [6, 6.07) is 9.51. The van der Waals surface area contributed by atoms with Crippen LogP contribution in [0.3, 0.4) is 0 Å². The second-order valence-corrected chi connectivity index (χ2v) is 17.2. The lowest BCUT2D eigenvalue weighted by Crippen LogP contribution is -2.63. The van der Waals surface area contributed by atoms with E-state index in [1.807, 2.05) is 65.7 Å². The Morgan fingerprint density at radius 2 is 1.73 bits per heavy atom. The van der Waals surface area contributed by atoms with Gasteiger partial charge in [-0.25, -0.2) is 4.79 Å². The Kier molecular flexibility index (Phi) is 12.3. The van der Waals surface area contributed by atoms with E-state index >= 15 is 0 Å². The molecule has 1 amide bonds. The Labute approximate surface area is 331 Å². The first kappa shape index (κ1) is 42.1. The van der Waals surface area contributed by atoms with Crippen LogP contribution in [0.4, 0.5) is 4.79 Å². The molecule has 1 aromatic heterocycles. The number of benzene rings is 1. The summed E-state index contributed by atoms with van der Waals surface area (Å²) in [5, 5.41) is 21.2. The lowest BCUT2D eigenvalue weighted by molar-refractivity contribution is -0.295. The summed E-state index contributed by atoms with van der Waals surface area (Å²) in [6.07, 6.45) is -0.574. The number of hydrazone groups is 1. The van der Waals surface area contributed by atoms with Gasteiger partial charge >= 0.3 is 12.1 Å². The lowest BCUT2D eigenvalue weighted by atomic mass is 9.73. The number of carbonyl (C=O) groups is 3. The maximum absolute atomic E-state index is 14.3.